The molecule has 9 rings (SSSR count). The van der Waals surface area contributed by atoms with Crippen molar-refractivity contribution in [3.8, 4) is 5.69 Å². The van der Waals surface area contributed by atoms with E-state index in [0.717, 1.165) is 39.0 Å². The first kappa shape index (κ1) is 33.3. The van der Waals surface area contributed by atoms with Gasteiger partial charge in [0.15, 0.2) is 0 Å². The lowest BCUT2D eigenvalue weighted by atomic mass is 9.75. The van der Waals surface area contributed by atoms with Crippen LogP contribution in [-0.4, -0.2) is 10.6 Å². The summed E-state index contributed by atoms with van der Waals surface area (Å²) in [6.45, 7) is 10.7. The fraction of sp³-hybridized carbons (Fsp3) is 0.0980. The van der Waals surface area contributed by atoms with Crippen LogP contribution >= 0.6 is 0 Å². The first-order valence-corrected chi connectivity index (χ1v) is 18.7. The second-order valence-corrected chi connectivity index (χ2v) is 14.5. The van der Waals surface area contributed by atoms with E-state index in [-0.39, 0.29) is 11.5 Å². The van der Waals surface area contributed by atoms with Crippen molar-refractivity contribution in [3.05, 3.63) is 211 Å². The Morgan fingerprint density at radius 2 is 1.43 bits per heavy atom. The van der Waals surface area contributed by atoms with Gasteiger partial charge in [-0.3, -0.25) is 0 Å². The molecule has 2 unspecified atom stereocenters. The average Bonchev–Trinajstić information content (AvgIpc) is 3.84. The van der Waals surface area contributed by atoms with Gasteiger partial charge in [0.25, 0.3) is 0 Å². The van der Waals surface area contributed by atoms with E-state index in [1.54, 1.807) is 0 Å². The van der Waals surface area contributed by atoms with Gasteiger partial charge >= 0.3 is 0 Å². The summed E-state index contributed by atoms with van der Waals surface area (Å²) in [6, 6.07) is 43.6. The Hall–Kier alpha value is -6.58. The molecule has 0 radical (unpaired) electrons. The van der Waals surface area contributed by atoms with E-state index < -0.39 is 0 Å². The number of nitrogens with zero attached hydrogens (tertiary/aromatic N) is 2. The molecular weight excluding hydrogens is 657 g/mol. The van der Waals surface area contributed by atoms with E-state index in [1.165, 1.54) is 44.2 Å². The monoisotopic (exact) mass is 698 g/mol. The fourth-order valence-corrected chi connectivity index (χ4v) is 8.60. The summed E-state index contributed by atoms with van der Waals surface area (Å²) in [5.74, 6) is 0. The van der Waals surface area contributed by atoms with Gasteiger partial charge in [-0.1, -0.05) is 134 Å². The minimum Gasteiger partial charge on any atom is -0.464 e. The summed E-state index contributed by atoms with van der Waals surface area (Å²) >= 11 is 0. The van der Waals surface area contributed by atoms with Crippen molar-refractivity contribution in [2.75, 3.05) is 4.90 Å². The third kappa shape index (κ3) is 5.52. The Kier molecular flexibility index (Phi) is 8.28. The van der Waals surface area contributed by atoms with Crippen molar-refractivity contribution >= 4 is 55.7 Å². The number of furan rings is 1. The number of allylic oxidation sites excluding steroid dienone is 9. The standard InChI is InChI=1S/C51H42N2O/c1-5-6-24-46-36(3)52(50-28-13-14-29-51(46,50)4)41-19-16-18-38(33-41)39(31-40-34-54-49-27-12-9-21-43(40)49)30-35(2)37-17-15-20-42(32-37)53-47-25-10-7-22-44(47)45-23-8-11-26-48(45)53/h5-34,50H,1H2,2-4H3/b24-6-,35-30+,39-31+. The Labute approximate surface area is 317 Å². The number of para-hydroxylation sites is 3. The predicted molar refractivity (Wildman–Crippen MR) is 230 cm³/mol. The molecule has 5 aromatic carbocycles. The molecule has 262 valence electrons. The van der Waals surface area contributed by atoms with Crippen LogP contribution in [0.5, 0.6) is 0 Å². The quantitative estimate of drug-likeness (QED) is 0.147. The lowest BCUT2D eigenvalue weighted by Crippen LogP contribution is -2.38. The van der Waals surface area contributed by atoms with Gasteiger partial charge in [-0.2, -0.15) is 0 Å². The molecule has 3 heterocycles. The highest BCUT2D eigenvalue weighted by molar-refractivity contribution is 6.09. The maximum Gasteiger partial charge on any atom is 0.134 e. The van der Waals surface area contributed by atoms with E-state index in [2.05, 4.69) is 189 Å². The molecule has 0 saturated carbocycles. The second-order valence-electron chi connectivity index (χ2n) is 14.5. The van der Waals surface area contributed by atoms with Crippen LogP contribution in [0, 0.1) is 5.41 Å². The van der Waals surface area contributed by atoms with Crippen LogP contribution < -0.4 is 4.90 Å². The highest BCUT2D eigenvalue weighted by Crippen LogP contribution is 2.50. The molecule has 3 nitrogen and oxygen atoms in total. The molecule has 0 N–H and O–H groups in total. The largest absolute Gasteiger partial charge is 0.464 e. The first-order valence-electron chi connectivity index (χ1n) is 18.7. The Bertz CT molecular complexity index is 2740. The zero-order valence-electron chi connectivity index (χ0n) is 30.9. The number of fused-ring (bicyclic) bond motifs is 5. The van der Waals surface area contributed by atoms with E-state index >= 15 is 0 Å². The van der Waals surface area contributed by atoms with Crippen molar-refractivity contribution in [2.45, 2.75) is 26.8 Å². The molecule has 2 aliphatic rings. The molecule has 3 heteroatoms. The molecule has 7 aromatic rings. The minimum absolute atomic E-state index is 0.152. The smallest absolute Gasteiger partial charge is 0.134 e. The molecule has 54 heavy (non-hydrogen) atoms. The van der Waals surface area contributed by atoms with Crippen molar-refractivity contribution in [1.29, 1.82) is 0 Å². The number of aromatic nitrogens is 1. The number of hydrogen-bond donors (Lipinski definition) is 0. The average molecular weight is 699 g/mol. The van der Waals surface area contributed by atoms with E-state index in [9.17, 15) is 0 Å². The normalized spacial score (nSPS) is 18.9. The SMILES string of the molecule is C=C/C=C\C1=C(C)N(c2cccc(C(/C=C(\C)c3cccc(-n4c5ccccc5c5ccccc54)c3)=C/c3coc4ccccc34)c2)C2C=CC=CC12C. The summed E-state index contributed by atoms with van der Waals surface area (Å²) in [7, 11) is 0. The molecular formula is C51H42N2O. The fourth-order valence-electron chi connectivity index (χ4n) is 8.60. The predicted octanol–water partition coefficient (Wildman–Crippen LogP) is 13.5. The van der Waals surface area contributed by atoms with Gasteiger partial charge in [-0.25, -0.2) is 0 Å². The summed E-state index contributed by atoms with van der Waals surface area (Å²) in [5.41, 5.74) is 13.6. The first-order chi connectivity index (χ1) is 26.4. The molecule has 0 spiro atoms. The Morgan fingerprint density at radius 3 is 2.19 bits per heavy atom. The lowest BCUT2D eigenvalue weighted by molar-refractivity contribution is 0.484. The van der Waals surface area contributed by atoms with Gasteiger partial charge in [0.05, 0.1) is 23.3 Å². The maximum absolute atomic E-state index is 6.03. The van der Waals surface area contributed by atoms with Crippen LogP contribution in [-0.2, 0) is 0 Å². The lowest BCUT2D eigenvalue weighted by Gasteiger charge is -2.36. The second kappa shape index (κ2) is 13.4. The number of anilines is 1. The Morgan fingerprint density at radius 1 is 0.759 bits per heavy atom. The van der Waals surface area contributed by atoms with Crippen molar-refractivity contribution in [2.24, 2.45) is 5.41 Å². The summed E-state index contributed by atoms with van der Waals surface area (Å²) in [5, 5.41) is 3.61. The van der Waals surface area contributed by atoms with Gasteiger partial charge in [0.1, 0.15) is 5.58 Å². The van der Waals surface area contributed by atoms with Crippen LogP contribution in [0.15, 0.2) is 198 Å². The third-order valence-corrected chi connectivity index (χ3v) is 11.3. The van der Waals surface area contributed by atoms with Gasteiger partial charge in [0.2, 0.25) is 0 Å². The van der Waals surface area contributed by atoms with Crippen molar-refractivity contribution in [3.63, 3.8) is 0 Å². The van der Waals surface area contributed by atoms with Gasteiger partial charge in [-0.15, -0.1) is 0 Å². The molecule has 0 amide bonds. The molecule has 1 aliphatic heterocycles. The van der Waals surface area contributed by atoms with Crippen molar-refractivity contribution < 1.29 is 4.42 Å². The highest BCUT2D eigenvalue weighted by Gasteiger charge is 2.45. The molecule has 1 aliphatic carbocycles. The summed E-state index contributed by atoms with van der Waals surface area (Å²) < 4.78 is 8.41. The van der Waals surface area contributed by atoms with Gasteiger partial charge in [-0.05, 0) is 97.2 Å². The molecule has 0 saturated heterocycles. The zero-order valence-corrected chi connectivity index (χ0v) is 30.9. The number of benzene rings is 5. The topological polar surface area (TPSA) is 21.3 Å². The molecule has 2 atom stereocenters. The maximum atomic E-state index is 6.03. The zero-order chi connectivity index (χ0) is 36.8. The van der Waals surface area contributed by atoms with E-state index in [4.69, 9.17) is 4.42 Å². The molecule has 0 fully saturated rings. The van der Waals surface area contributed by atoms with Gasteiger partial charge in [0, 0.05) is 44.2 Å². The Balaban J connectivity index is 1.17. The molecule has 2 aromatic heterocycles. The summed E-state index contributed by atoms with van der Waals surface area (Å²) in [4.78, 5) is 2.49. The van der Waals surface area contributed by atoms with E-state index in [0.29, 0.717) is 0 Å². The van der Waals surface area contributed by atoms with Crippen LogP contribution in [0.3, 0.4) is 0 Å². The summed E-state index contributed by atoms with van der Waals surface area (Å²) in [6.07, 6.45) is 21.6. The van der Waals surface area contributed by atoms with Crippen LogP contribution in [0.4, 0.5) is 5.69 Å². The minimum atomic E-state index is -0.152. The third-order valence-electron chi connectivity index (χ3n) is 11.3. The van der Waals surface area contributed by atoms with E-state index in [1.807, 2.05) is 30.5 Å². The van der Waals surface area contributed by atoms with Crippen molar-refractivity contribution in [1.82, 2.24) is 4.57 Å². The number of rotatable bonds is 8. The van der Waals surface area contributed by atoms with Crippen LogP contribution in [0.2, 0.25) is 0 Å². The van der Waals surface area contributed by atoms with Gasteiger partial charge < -0.3 is 13.9 Å². The number of hydrogen-bond acceptors (Lipinski definition) is 2. The van der Waals surface area contributed by atoms with Crippen LogP contribution in [0.1, 0.15) is 37.5 Å². The van der Waals surface area contributed by atoms with Crippen LogP contribution in [0.25, 0.3) is 55.7 Å². The highest BCUT2D eigenvalue weighted by atomic mass is 16.3. The molecule has 0 bridgehead atoms.